The Balaban J connectivity index is 1.97. The van der Waals surface area contributed by atoms with Gasteiger partial charge in [0.05, 0.1) is 17.0 Å². The maximum absolute atomic E-state index is 14.5. The molecule has 0 aliphatic heterocycles. The molecule has 0 amide bonds. The van der Waals surface area contributed by atoms with Gasteiger partial charge in [-0.25, -0.2) is 13.8 Å². The van der Waals surface area contributed by atoms with Crippen LogP contribution in [-0.4, -0.2) is 33.5 Å². The molecule has 0 aliphatic rings. The number of carbonyl (C=O) groups is 1. The molecule has 1 aromatic heterocycles. The summed E-state index contributed by atoms with van der Waals surface area (Å²) in [7, 11) is 0. The quantitative estimate of drug-likeness (QED) is 0.425. The van der Waals surface area contributed by atoms with Crippen molar-refractivity contribution in [3.63, 3.8) is 0 Å². The van der Waals surface area contributed by atoms with Crippen LogP contribution in [0.5, 0.6) is 5.75 Å². The highest BCUT2D eigenvalue weighted by atomic mass is 32.2. The smallest absolute Gasteiger partial charge is 0.234 e. The van der Waals surface area contributed by atoms with E-state index in [1.54, 1.807) is 0 Å². The number of nitrogens with zero attached hydrogens (tertiary/aromatic N) is 1. The molecule has 0 fully saturated rings. The third kappa shape index (κ3) is 4.33. The van der Waals surface area contributed by atoms with Crippen LogP contribution in [0.15, 0.2) is 42.6 Å². The molecule has 3 N–H and O–H groups in total. The van der Waals surface area contributed by atoms with Crippen molar-refractivity contribution in [1.82, 2.24) is 9.71 Å². The Hall–Kier alpha value is -2.33. The molecule has 0 aliphatic carbocycles. The summed E-state index contributed by atoms with van der Waals surface area (Å²) in [5.41, 5.74) is 0.575. The molecule has 0 saturated carbocycles. The summed E-state index contributed by atoms with van der Waals surface area (Å²) in [6.07, 6.45) is 1.41. The van der Waals surface area contributed by atoms with Crippen molar-refractivity contribution in [2.24, 2.45) is 0 Å². The van der Waals surface area contributed by atoms with Crippen LogP contribution < -0.4 is 4.72 Å². The predicted octanol–water partition coefficient (Wildman–Crippen LogP) is 3.83. The topological polar surface area (TPSA) is 82.5 Å². The van der Waals surface area contributed by atoms with E-state index in [0.29, 0.717) is 15.4 Å². The standard InChI is InChI=1S/C18H14F2N2O3S2/c19-10-4-5-11(14(24)8-10)17-21-9-15(26-17)16-12(2-1-3-13(16)20)18(25)27-22-6-7-23/h1-5,8-9,22-24H,6-7H2. The summed E-state index contributed by atoms with van der Waals surface area (Å²) in [5.74, 6) is -1.44. The largest absolute Gasteiger partial charge is 0.507 e. The van der Waals surface area contributed by atoms with E-state index in [9.17, 15) is 18.7 Å². The molecule has 0 spiro atoms. The fourth-order valence-corrected chi connectivity index (χ4v) is 3.98. The highest BCUT2D eigenvalue weighted by Gasteiger charge is 2.20. The zero-order valence-corrected chi connectivity index (χ0v) is 15.4. The van der Waals surface area contributed by atoms with Crippen LogP contribution in [-0.2, 0) is 0 Å². The highest BCUT2D eigenvalue weighted by molar-refractivity contribution is 8.12. The van der Waals surface area contributed by atoms with Gasteiger partial charge in [-0.3, -0.25) is 9.52 Å². The van der Waals surface area contributed by atoms with Gasteiger partial charge in [0.2, 0.25) is 5.12 Å². The second-order valence-corrected chi connectivity index (χ2v) is 7.26. The van der Waals surface area contributed by atoms with Crippen molar-refractivity contribution < 1.29 is 23.8 Å². The van der Waals surface area contributed by atoms with Crippen molar-refractivity contribution in [3.8, 4) is 26.8 Å². The van der Waals surface area contributed by atoms with Crippen LogP contribution in [0.1, 0.15) is 10.4 Å². The summed E-state index contributed by atoms with van der Waals surface area (Å²) in [6.45, 7) is 0.0886. The number of aromatic hydroxyl groups is 1. The maximum Gasteiger partial charge on any atom is 0.234 e. The van der Waals surface area contributed by atoms with Gasteiger partial charge < -0.3 is 10.2 Å². The van der Waals surface area contributed by atoms with Gasteiger partial charge in [0, 0.05) is 29.9 Å². The van der Waals surface area contributed by atoms with E-state index in [1.165, 1.54) is 36.5 Å². The first-order valence-corrected chi connectivity index (χ1v) is 9.43. The van der Waals surface area contributed by atoms with Gasteiger partial charge in [0.15, 0.2) is 0 Å². The second-order valence-electron chi connectivity index (χ2n) is 5.36. The van der Waals surface area contributed by atoms with Gasteiger partial charge in [0.25, 0.3) is 0 Å². The number of halogens is 2. The minimum Gasteiger partial charge on any atom is -0.507 e. The molecule has 0 saturated heterocycles. The zero-order valence-electron chi connectivity index (χ0n) is 13.8. The van der Waals surface area contributed by atoms with Gasteiger partial charge in [0.1, 0.15) is 22.4 Å². The number of aliphatic hydroxyl groups excluding tert-OH is 1. The number of rotatable bonds is 6. The number of thiazole rings is 1. The highest BCUT2D eigenvalue weighted by Crippen LogP contribution is 2.39. The fraction of sp³-hybridized carbons (Fsp3) is 0.111. The second kappa shape index (κ2) is 8.57. The maximum atomic E-state index is 14.5. The van der Waals surface area contributed by atoms with E-state index >= 15 is 0 Å². The summed E-state index contributed by atoms with van der Waals surface area (Å²) in [5, 5.41) is 18.7. The number of aromatic nitrogens is 1. The molecule has 2 aromatic carbocycles. The molecule has 27 heavy (non-hydrogen) atoms. The summed E-state index contributed by atoms with van der Waals surface area (Å²) in [6, 6.07) is 7.73. The van der Waals surface area contributed by atoms with Crippen LogP contribution in [0.25, 0.3) is 21.0 Å². The average Bonchev–Trinajstić information content (AvgIpc) is 3.11. The van der Waals surface area contributed by atoms with E-state index < -0.39 is 16.7 Å². The molecule has 0 unspecified atom stereocenters. The molecular weight excluding hydrogens is 394 g/mol. The van der Waals surface area contributed by atoms with Crippen molar-refractivity contribution in [2.75, 3.05) is 13.2 Å². The number of hydrogen-bond acceptors (Lipinski definition) is 7. The van der Waals surface area contributed by atoms with E-state index in [0.717, 1.165) is 29.4 Å². The molecule has 9 heteroatoms. The Bertz CT molecular complexity index is 979. The zero-order chi connectivity index (χ0) is 19.4. The van der Waals surface area contributed by atoms with Crippen LogP contribution in [0, 0.1) is 11.6 Å². The number of benzene rings is 2. The van der Waals surface area contributed by atoms with Crippen LogP contribution in [0.4, 0.5) is 8.78 Å². The summed E-state index contributed by atoms with van der Waals surface area (Å²) < 4.78 is 30.3. The lowest BCUT2D eigenvalue weighted by Gasteiger charge is -2.08. The van der Waals surface area contributed by atoms with Crippen molar-refractivity contribution in [1.29, 1.82) is 0 Å². The van der Waals surface area contributed by atoms with Crippen molar-refractivity contribution in [2.45, 2.75) is 0 Å². The Morgan fingerprint density at radius 2 is 2.07 bits per heavy atom. The molecule has 5 nitrogen and oxygen atoms in total. The van der Waals surface area contributed by atoms with E-state index in [1.807, 2.05) is 0 Å². The van der Waals surface area contributed by atoms with Gasteiger partial charge in [-0.05, 0) is 36.2 Å². The molecule has 3 rings (SSSR count). The molecule has 140 valence electrons. The molecule has 0 radical (unpaired) electrons. The number of phenols is 1. The van der Waals surface area contributed by atoms with E-state index in [-0.39, 0.29) is 30.0 Å². The minimum absolute atomic E-state index is 0.103. The first kappa shape index (κ1) is 19.4. The van der Waals surface area contributed by atoms with Gasteiger partial charge in [-0.2, -0.15) is 0 Å². The molecule has 0 bridgehead atoms. The molecule has 3 aromatic rings. The number of nitrogens with one attached hydrogen (secondary N) is 1. The SMILES string of the molecule is O=C(SNCCO)c1cccc(F)c1-c1cnc(-c2ccc(F)cc2O)s1. The average molecular weight is 408 g/mol. The molecule has 0 atom stereocenters. The summed E-state index contributed by atoms with van der Waals surface area (Å²) in [4.78, 5) is 17.0. The lowest BCUT2D eigenvalue weighted by molar-refractivity contribution is 0.108. The monoisotopic (exact) mass is 408 g/mol. The third-order valence-corrected chi connectivity index (χ3v) is 5.36. The first-order chi connectivity index (χ1) is 13.0. The van der Waals surface area contributed by atoms with E-state index in [4.69, 9.17) is 5.11 Å². The number of carbonyl (C=O) groups excluding carboxylic acids is 1. The number of aliphatic hydroxyl groups is 1. The predicted molar refractivity (Wildman–Crippen MR) is 102 cm³/mol. The molecule has 1 heterocycles. The Morgan fingerprint density at radius 1 is 1.26 bits per heavy atom. The van der Waals surface area contributed by atoms with Crippen LogP contribution >= 0.6 is 23.3 Å². The normalized spacial score (nSPS) is 10.9. The molecular formula is C18H14F2N2O3S2. The van der Waals surface area contributed by atoms with Gasteiger partial charge >= 0.3 is 0 Å². The number of phenolic OH excluding ortho intramolecular Hbond substituents is 1. The fourth-order valence-electron chi connectivity index (χ4n) is 2.36. The van der Waals surface area contributed by atoms with Crippen LogP contribution in [0.2, 0.25) is 0 Å². The lowest BCUT2D eigenvalue weighted by atomic mass is 10.1. The third-order valence-electron chi connectivity index (χ3n) is 3.55. The Labute approximate surface area is 161 Å². The van der Waals surface area contributed by atoms with E-state index in [2.05, 4.69) is 9.71 Å². The lowest BCUT2D eigenvalue weighted by Crippen LogP contribution is -2.13. The number of hydrogen-bond donors (Lipinski definition) is 3. The Morgan fingerprint density at radius 3 is 2.81 bits per heavy atom. The Kier molecular flexibility index (Phi) is 6.17. The van der Waals surface area contributed by atoms with Crippen molar-refractivity contribution in [3.05, 3.63) is 59.8 Å². The van der Waals surface area contributed by atoms with Gasteiger partial charge in [-0.1, -0.05) is 6.07 Å². The first-order valence-electron chi connectivity index (χ1n) is 7.79. The summed E-state index contributed by atoms with van der Waals surface area (Å²) >= 11 is 1.84. The minimum atomic E-state index is -0.581. The van der Waals surface area contributed by atoms with Gasteiger partial charge in [-0.15, -0.1) is 11.3 Å². The van der Waals surface area contributed by atoms with Crippen molar-refractivity contribution >= 4 is 28.4 Å². The van der Waals surface area contributed by atoms with Crippen LogP contribution in [0.3, 0.4) is 0 Å².